The summed E-state index contributed by atoms with van der Waals surface area (Å²) in [5, 5.41) is 7.98. The molecule has 0 saturated carbocycles. The smallest absolute Gasteiger partial charge is 0.170 e. The molecule has 1 aromatic carbocycles. The first kappa shape index (κ1) is 17.1. The number of thiocarbonyl (C=S) groups is 1. The molecule has 2 rings (SSSR count). The van der Waals surface area contributed by atoms with Crippen molar-refractivity contribution in [2.75, 3.05) is 44.7 Å². The van der Waals surface area contributed by atoms with Gasteiger partial charge in [0.25, 0.3) is 0 Å². The molecule has 21 heavy (non-hydrogen) atoms. The highest BCUT2D eigenvalue weighted by Gasteiger charge is 2.10. The summed E-state index contributed by atoms with van der Waals surface area (Å²) in [6, 6.07) is 3.24. The molecule has 2 N–H and O–H groups in total. The van der Waals surface area contributed by atoms with E-state index in [1.807, 2.05) is 0 Å². The number of nitrogens with zero attached hydrogens (tertiary/aromatic N) is 1. The molecule has 1 fully saturated rings. The number of hydrogen-bond donors (Lipinski definition) is 2. The van der Waals surface area contributed by atoms with Gasteiger partial charge in [-0.3, -0.25) is 4.90 Å². The largest absolute Gasteiger partial charge is 0.379 e. The van der Waals surface area contributed by atoms with E-state index in [1.54, 1.807) is 12.1 Å². The van der Waals surface area contributed by atoms with Crippen LogP contribution in [0.3, 0.4) is 0 Å². The van der Waals surface area contributed by atoms with E-state index in [0.29, 0.717) is 25.9 Å². The third kappa shape index (κ3) is 5.43. The molecular formula is C13H16Cl3N3OS. The third-order valence-electron chi connectivity index (χ3n) is 3.08. The van der Waals surface area contributed by atoms with Gasteiger partial charge in [-0.25, -0.2) is 0 Å². The van der Waals surface area contributed by atoms with E-state index in [4.69, 9.17) is 51.8 Å². The van der Waals surface area contributed by atoms with Gasteiger partial charge in [0, 0.05) is 26.2 Å². The molecule has 0 bridgehead atoms. The highest BCUT2D eigenvalue weighted by molar-refractivity contribution is 7.80. The van der Waals surface area contributed by atoms with E-state index >= 15 is 0 Å². The number of halogens is 3. The number of ether oxygens (including phenoxy) is 1. The Bertz CT molecular complexity index is 510. The molecule has 1 aliphatic heterocycles. The predicted octanol–water partition coefficient (Wildman–Crippen LogP) is 3.27. The number of benzene rings is 1. The van der Waals surface area contributed by atoms with Crippen LogP contribution in [0, 0.1) is 0 Å². The Labute approximate surface area is 144 Å². The van der Waals surface area contributed by atoms with Crippen molar-refractivity contribution in [1.82, 2.24) is 10.2 Å². The van der Waals surface area contributed by atoms with Crippen molar-refractivity contribution >= 4 is 57.8 Å². The lowest BCUT2D eigenvalue weighted by atomic mass is 10.3. The topological polar surface area (TPSA) is 36.5 Å². The van der Waals surface area contributed by atoms with Crippen molar-refractivity contribution in [1.29, 1.82) is 0 Å². The van der Waals surface area contributed by atoms with Crippen LogP contribution in [0.25, 0.3) is 0 Å². The Kier molecular flexibility index (Phi) is 6.79. The van der Waals surface area contributed by atoms with Crippen LogP contribution in [0.5, 0.6) is 0 Å². The van der Waals surface area contributed by atoms with Gasteiger partial charge < -0.3 is 15.4 Å². The first-order valence-corrected chi connectivity index (χ1v) is 8.10. The molecule has 0 amide bonds. The van der Waals surface area contributed by atoms with Crippen LogP contribution >= 0.6 is 47.0 Å². The monoisotopic (exact) mass is 367 g/mol. The van der Waals surface area contributed by atoms with Crippen LogP contribution in [0.1, 0.15) is 0 Å². The molecule has 0 aliphatic carbocycles. The fourth-order valence-electron chi connectivity index (χ4n) is 1.94. The second-order valence-corrected chi connectivity index (χ2v) is 6.21. The molecule has 1 aliphatic rings. The van der Waals surface area contributed by atoms with Gasteiger partial charge in [-0.05, 0) is 24.4 Å². The molecule has 0 unspecified atom stereocenters. The minimum atomic E-state index is 0.415. The second kappa shape index (κ2) is 8.36. The second-order valence-electron chi connectivity index (χ2n) is 4.58. The number of morpholine rings is 1. The maximum Gasteiger partial charge on any atom is 0.170 e. The zero-order valence-corrected chi connectivity index (χ0v) is 14.4. The Morgan fingerprint density at radius 1 is 1.14 bits per heavy atom. The summed E-state index contributed by atoms with van der Waals surface area (Å²) in [7, 11) is 0. The quantitative estimate of drug-likeness (QED) is 0.630. The zero-order valence-electron chi connectivity index (χ0n) is 11.3. The third-order valence-corrected chi connectivity index (χ3v) is 4.36. The molecule has 0 spiro atoms. The number of anilines is 1. The van der Waals surface area contributed by atoms with Crippen LogP contribution in [-0.2, 0) is 4.74 Å². The minimum absolute atomic E-state index is 0.415. The lowest BCUT2D eigenvalue weighted by Gasteiger charge is -2.26. The minimum Gasteiger partial charge on any atom is -0.379 e. The van der Waals surface area contributed by atoms with Crippen molar-refractivity contribution in [3.8, 4) is 0 Å². The number of rotatable bonds is 4. The Morgan fingerprint density at radius 3 is 2.52 bits per heavy atom. The lowest BCUT2D eigenvalue weighted by Crippen LogP contribution is -2.42. The maximum absolute atomic E-state index is 6.09. The summed E-state index contributed by atoms with van der Waals surface area (Å²) in [6.07, 6.45) is 0. The Balaban J connectivity index is 1.77. The van der Waals surface area contributed by atoms with Gasteiger partial charge >= 0.3 is 0 Å². The Morgan fingerprint density at radius 2 is 1.81 bits per heavy atom. The zero-order chi connectivity index (χ0) is 15.2. The first-order chi connectivity index (χ1) is 10.1. The lowest BCUT2D eigenvalue weighted by molar-refractivity contribution is 0.0389. The summed E-state index contributed by atoms with van der Waals surface area (Å²) in [4.78, 5) is 2.32. The molecule has 0 radical (unpaired) electrons. The van der Waals surface area contributed by atoms with Gasteiger partial charge in [-0.15, -0.1) is 0 Å². The van der Waals surface area contributed by atoms with Crippen molar-refractivity contribution in [2.45, 2.75) is 0 Å². The summed E-state index contributed by atoms with van der Waals surface area (Å²) in [5.74, 6) is 0. The van der Waals surface area contributed by atoms with E-state index in [9.17, 15) is 0 Å². The molecule has 1 heterocycles. The molecule has 0 atom stereocenters. The van der Waals surface area contributed by atoms with E-state index in [1.165, 1.54) is 0 Å². The van der Waals surface area contributed by atoms with Crippen LogP contribution in [0.4, 0.5) is 5.69 Å². The van der Waals surface area contributed by atoms with Crippen LogP contribution < -0.4 is 10.6 Å². The van der Waals surface area contributed by atoms with Gasteiger partial charge in [0.15, 0.2) is 5.11 Å². The standard InChI is InChI=1S/C13H16Cl3N3OS/c14-9-7-11(16)12(8-10(9)15)18-13(21)17-1-2-19-3-5-20-6-4-19/h7-8H,1-6H2,(H2,17,18,21). The van der Waals surface area contributed by atoms with Gasteiger partial charge in [0.2, 0.25) is 0 Å². The molecule has 0 aromatic heterocycles. The highest BCUT2D eigenvalue weighted by atomic mass is 35.5. The van der Waals surface area contributed by atoms with Crippen molar-refractivity contribution < 1.29 is 4.74 Å². The van der Waals surface area contributed by atoms with Gasteiger partial charge in [0.05, 0.1) is 34.0 Å². The summed E-state index contributed by atoms with van der Waals surface area (Å²) in [5.41, 5.74) is 0.634. The van der Waals surface area contributed by atoms with Crippen molar-refractivity contribution in [3.63, 3.8) is 0 Å². The van der Waals surface area contributed by atoms with E-state index in [0.717, 1.165) is 39.4 Å². The van der Waals surface area contributed by atoms with Gasteiger partial charge in [-0.1, -0.05) is 34.8 Å². The van der Waals surface area contributed by atoms with E-state index < -0.39 is 0 Å². The Hall–Kier alpha value is -0.300. The average molecular weight is 369 g/mol. The number of hydrogen-bond acceptors (Lipinski definition) is 3. The van der Waals surface area contributed by atoms with Crippen LogP contribution in [0.2, 0.25) is 15.1 Å². The van der Waals surface area contributed by atoms with Crippen LogP contribution in [0.15, 0.2) is 12.1 Å². The predicted molar refractivity (Wildman–Crippen MR) is 93.0 cm³/mol. The number of nitrogens with one attached hydrogen (secondary N) is 2. The molecule has 1 saturated heterocycles. The summed E-state index contributed by atoms with van der Waals surface area (Å²) in [6.45, 7) is 5.18. The van der Waals surface area contributed by atoms with Crippen LogP contribution in [-0.4, -0.2) is 49.4 Å². The first-order valence-electron chi connectivity index (χ1n) is 6.56. The molecule has 8 heteroatoms. The van der Waals surface area contributed by atoms with Gasteiger partial charge in [-0.2, -0.15) is 0 Å². The molecule has 116 valence electrons. The maximum atomic E-state index is 6.09. The molecule has 4 nitrogen and oxygen atoms in total. The van der Waals surface area contributed by atoms with Gasteiger partial charge in [0.1, 0.15) is 0 Å². The SMILES string of the molecule is S=C(NCCN1CCOCC1)Nc1cc(Cl)c(Cl)cc1Cl. The normalized spacial score (nSPS) is 15.8. The summed E-state index contributed by atoms with van der Waals surface area (Å²) >= 11 is 23.2. The molecular weight excluding hydrogens is 353 g/mol. The van der Waals surface area contributed by atoms with Crippen molar-refractivity contribution in [3.05, 3.63) is 27.2 Å². The van der Waals surface area contributed by atoms with E-state index in [2.05, 4.69) is 15.5 Å². The molecule has 1 aromatic rings. The fourth-order valence-corrected chi connectivity index (χ4v) is 2.74. The average Bonchev–Trinajstić information content (AvgIpc) is 2.46. The fraction of sp³-hybridized carbons (Fsp3) is 0.462. The van der Waals surface area contributed by atoms with Crippen molar-refractivity contribution in [2.24, 2.45) is 0 Å². The van der Waals surface area contributed by atoms with E-state index in [-0.39, 0.29) is 0 Å². The summed E-state index contributed by atoms with van der Waals surface area (Å²) < 4.78 is 5.30. The highest BCUT2D eigenvalue weighted by Crippen LogP contribution is 2.32.